The molecule has 0 aliphatic heterocycles. The summed E-state index contributed by atoms with van der Waals surface area (Å²) in [6.07, 6.45) is 4.10. The number of ether oxygens (including phenoxy) is 2. The van der Waals surface area contributed by atoms with Crippen molar-refractivity contribution in [1.29, 1.82) is 0 Å². The fraction of sp³-hybridized carbons (Fsp3) is 0.174. The molecule has 0 bridgehead atoms. The molecule has 1 aromatic heterocycles. The van der Waals surface area contributed by atoms with Gasteiger partial charge in [0.15, 0.2) is 11.6 Å². The number of halogens is 2. The molecule has 2 aromatic carbocycles. The summed E-state index contributed by atoms with van der Waals surface area (Å²) in [4.78, 5) is 19.9. The second kappa shape index (κ2) is 11.8. The van der Waals surface area contributed by atoms with Crippen LogP contribution >= 0.6 is 11.6 Å². The molecule has 3 N–H and O–H groups in total. The number of methoxy groups -OCH3 is 1. The van der Waals surface area contributed by atoms with Crippen molar-refractivity contribution in [1.82, 2.24) is 9.97 Å². The molecule has 0 spiro atoms. The fourth-order valence-electron chi connectivity index (χ4n) is 2.72. The molecule has 0 unspecified atom stereocenters. The van der Waals surface area contributed by atoms with Crippen LogP contribution in [0.25, 0.3) is 0 Å². The lowest BCUT2D eigenvalue weighted by molar-refractivity contribution is -0.111. The molecular weight excluding hydrogens is 449 g/mol. The number of hydrogen-bond acceptors (Lipinski definition) is 7. The van der Waals surface area contributed by atoms with E-state index >= 15 is 0 Å². The highest BCUT2D eigenvalue weighted by Gasteiger charge is 2.10. The van der Waals surface area contributed by atoms with Crippen LogP contribution in [0.1, 0.15) is 6.92 Å². The molecule has 0 radical (unpaired) electrons. The smallest absolute Gasteiger partial charge is 0.248 e. The Morgan fingerprint density at radius 2 is 1.91 bits per heavy atom. The predicted octanol–water partition coefficient (Wildman–Crippen LogP) is 5.30. The van der Waals surface area contributed by atoms with Gasteiger partial charge in [-0.3, -0.25) is 4.79 Å². The lowest BCUT2D eigenvalue weighted by atomic mass is 10.2. The average molecular weight is 472 g/mol. The molecule has 0 saturated carbocycles. The number of nitrogens with zero attached hydrogens (tertiary/aromatic N) is 2. The zero-order valence-corrected chi connectivity index (χ0v) is 18.8. The third kappa shape index (κ3) is 7.16. The fourth-order valence-corrected chi connectivity index (χ4v) is 2.89. The molecule has 10 heteroatoms. The summed E-state index contributed by atoms with van der Waals surface area (Å²) in [5.74, 6) is -0.293. The maximum absolute atomic E-state index is 14.4. The number of anilines is 5. The van der Waals surface area contributed by atoms with E-state index in [0.29, 0.717) is 41.0 Å². The SMILES string of the molecule is CC=CC(=O)Nc1cccc(Nc2nc(Nc3ccc(Cl)c(OCCOC)c3)ncc2F)c1. The van der Waals surface area contributed by atoms with E-state index in [-0.39, 0.29) is 17.7 Å². The number of allylic oxidation sites excluding steroid dienone is 1. The Balaban J connectivity index is 1.74. The number of amides is 1. The van der Waals surface area contributed by atoms with E-state index in [1.165, 1.54) is 6.08 Å². The minimum absolute atomic E-state index is 0.0324. The summed E-state index contributed by atoms with van der Waals surface area (Å²) in [5.41, 5.74) is 1.70. The summed E-state index contributed by atoms with van der Waals surface area (Å²) in [7, 11) is 1.58. The number of nitrogens with one attached hydrogen (secondary N) is 3. The Bertz CT molecular complexity index is 1140. The Morgan fingerprint density at radius 3 is 2.70 bits per heavy atom. The Hall–Kier alpha value is -3.69. The van der Waals surface area contributed by atoms with Crippen molar-refractivity contribution in [3.8, 4) is 5.75 Å². The largest absolute Gasteiger partial charge is 0.490 e. The maximum Gasteiger partial charge on any atom is 0.248 e. The molecule has 3 rings (SSSR count). The van der Waals surface area contributed by atoms with Crippen molar-refractivity contribution in [3.63, 3.8) is 0 Å². The van der Waals surface area contributed by atoms with Crippen LogP contribution in [0.4, 0.5) is 33.2 Å². The van der Waals surface area contributed by atoms with Crippen molar-refractivity contribution in [2.75, 3.05) is 36.3 Å². The highest BCUT2D eigenvalue weighted by atomic mass is 35.5. The summed E-state index contributed by atoms with van der Waals surface area (Å²) in [5, 5.41) is 9.07. The van der Waals surface area contributed by atoms with Gasteiger partial charge in [0, 0.05) is 30.2 Å². The molecule has 0 aliphatic carbocycles. The van der Waals surface area contributed by atoms with Crippen molar-refractivity contribution in [3.05, 3.63) is 71.7 Å². The molecule has 8 nitrogen and oxygen atoms in total. The van der Waals surface area contributed by atoms with Crippen LogP contribution in [-0.2, 0) is 9.53 Å². The van der Waals surface area contributed by atoms with Crippen LogP contribution in [0.5, 0.6) is 5.75 Å². The molecule has 33 heavy (non-hydrogen) atoms. The first-order chi connectivity index (χ1) is 16.0. The minimum atomic E-state index is -0.636. The van der Waals surface area contributed by atoms with Crippen LogP contribution in [-0.4, -0.2) is 36.2 Å². The zero-order chi connectivity index (χ0) is 23.6. The second-order valence-electron chi connectivity index (χ2n) is 6.70. The van der Waals surface area contributed by atoms with Crippen molar-refractivity contribution in [2.24, 2.45) is 0 Å². The van der Waals surface area contributed by atoms with Crippen molar-refractivity contribution < 1.29 is 18.7 Å². The molecule has 1 amide bonds. The van der Waals surface area contributed by atoms with Crippen LogP contribution in [0.15, 0.2) is 60.8 Å². The molecule has 0 saturated heterocycles. The van der Waals surface area contributed by atoms with E-state index < -0.39 is 5.82 Å². The summed E-state index contributed by atoms with van der Waals surface area (Å²) < 4.78 is 24.9. The lowest BCUT2D eigenvalue weighted by Crippen LogP contribution is -2.08. The van der Waals surface area contributed by atoms with Gasteiger partial charge in [-0.2, -0.15) is 4.98 Å². The normalized spacial score (nSPS) is 10.8. The van der Waals surface area contributed by atoms with Gasteiger partial charge < -0.3 is 25.4 Å². The molecule has 1 heterocycles. The third-order valence-electron chi connectivity index (χ3n) is 4.19. The van der Waals surface area contributed by atoms with Gasteiger partial charge in [0.25, 0.3) is 0 Å². The van der Waals surface area contributed by atoms with E-state index in [4.69, 9.17) is 21.1 Å². The predicted molar refractivity (Wildman–Crippen MR) is 127 cm³/mol. The summed E-state index contributed by atoms with van der Waals surface area (Å²) in [6, 6.07) is 11.9. The first-order valence-corrected chi connectivity index (χ1v) is 10.4. The van der Waals surface area contributed by atoms with Gasteiger partial charge >= 0.3 is 0 Å². The first-order valence-electron chi connectivity index (χ1n) is 10.00. The van der Waals surface area contributed by atoms with Crippen LogP contribution in [0.3, 0.4) is 0 Å². The quantitative estimate of drug-likeness (QED) is 0.273. The van der Waals surface area contributed by atoms with E-state index in [1.54, 1.807) is 62.6 Å². The van der Waals surface area contributed by atoms with Gasteiger partial charge in [-0.25, -0.2) is 9.37 Å². The van der Waals surface area contributed by atoms with Gasteiger partial charge in [-0.05, 0) is 43.3 Å². The van der Waals surface area contributed by atoms with Gasteiger partial charge in [0.2, 0.25) is 11.9 Å². The van der Waals surface area contributed by atoms with E-state index in [9.17, 15) is 9.18 Å². The second-order valence-corrected chi connectivity index (χ2v) is 7.10. The van der Waals surface area contributed by atoms with Crippen LogP contribution in [0, 0.1) is 5.82 Å². The molecule has 0 atom stereocenters. The van der Waals surface area contributed by atoms with Gasteiger partial charge in [-0.1, -0.05) is 23.7 Å². The number of rotatable bonds is 10. The van der Waals surface area contributed by atoms with Crippen molar-refractivity contribution in [2.45, 2.75) is 6.92 Å². The van der Waals surface area contributed by atoms with Crippen molar-refractivity contribution >= 4 is 46.3 Å². The highest BCUT2D eigenvalue weighted by Crippen LogP contribution is 2.29. The van der Waals surface area contributed by atoms with Crippen LogP contribution in [0.2, 0.25) is 5.02 Å². The van der Waals surface area contributed by atoms with E-state index in [1.807, 2.05) is 0 Å². The number of benzene rings is 2. The Labute approximate surface area is 195 Å². The zero-order valence-electron chi connectivity index (χ0n) is 18.1. The minimum Gasteiger partial charge on any atom is -0.490 e. The van der Waals surface area contributed by atoms with E-state index in [2.05, 4.69) is 25.9 Å². The third-order valence-corrected chi connectivity index (χ3v) is 4.50. The molecule has 0 aliphatic rings. The monoisotopic (exact) mass is 471 g/mol. The topological polar surface area (TPSA) is 97.4 Å². The number of carbonyl (C=O) groups is 1. The molecule has 172 valence electrons. The first kappa shape index (κ1) is 24.0. The van der Waals surface area contributed by atoms with Gasteiger partial charge in [0.1, 0.15) is 12.4 Å². The number of hydrogen-bond donors (Lipinski definition) is 3. The van der Waals surface area contributed by atoms with E-state index in [0.717, 1.165) is 6.20 Å². The van der Waals surface area contributed by atoms with Gasteiger partial charge in [0.05, 0.1) is 17.8 Å². The molecule has 3 aromatic rings. The Morgan fingerprint density at radius 1 is 1.12 bits per heavy atom. The number of aromatic nitrogens is 2. The highest BCUT2D eigenvalue weighted by molar-refractivity contribution is 6.32. The van der Waals surface area contributed by atoms with Crippen LogP contribution < -0.4 is 20.7 Å². The standard InChI is InChI=1S/C23H23ClFN5O3/c1-3-5-21(31)27-15-6-4-7-16(12-15)28-22-19(25)14-26-23(30-22)29-17-8-9-18(24)20(13-17)33-11-10-32-2/h3-9,12-14H,10-11H2,1-2H3,(H,27,31)(H2,26,28,29,30). The lowest BCUT2D eigenvalue weighted by Gasteiger charge is -2.12. The maximum atomic E-state index is 14.4. The summed E-state index contributed by atoms with van der Waals surface area (Å²) in [6.45, 7) is 2.51. The summed E-state index contributed by atoms with van der Waals surface area (Å²) >= 11 is 6.16. The van der Waals surface area contributed by atoms with Gasteiger partial charge in [-0.15, -0.1) is 0 Å². The molecular formula is C23H23ClFN5O3. The number of carbonyl (C=O) groups excluding carboxylic acids is 1. The Kier molecular flexibility index (Phi) is 8.56. The average Bonchev–Trinajstić information content (AvgIpc) is 2.79. The molecule has 0 fully saturated rings.